The first-order valence-corrected chi connectivity index (χ1v) is 28.4. The van der Waals surface area contributed by atoms with E-state index in [0.29, 0.717) is 13.0 Å². The first-order valence-electron chi connectivity index (χ1n) is 26.9. The molecular formula is C58H99O9P. The number of hydrogen-bond acceptors (Lipinski definition) is 8. The molecule has 0 saturated carbocycles. The Kier molecular flexibility index (Phi) is 51.2. The molecule has 0 aromatic carbocycles. The zero-order valence-electron chi connectivity index (χ0n) is 43.0. The molecule has 0 spiro atoms. The second-order valence-electron chi connectivity index (χ2n) is 17.5. The first kappa shape index (κ1) is 65.1. The van der Waals surface area contributed by atoms with Crippen LogP contribution in [0.4, 0.5) is 0 Å². The number of rotatable bonds is 50. The second kappa shape index (κ2) is 53.5. The van der Waals surface area contributed by atoms with Gasteiger partial charge in [-0.2, -0.15) is 0 Å². The van der Waals surface area contributed by atoms with Crippen molar-refractivity contribution < 1.29 is 43.0 Å². The molecule has 0 heterocycles. The fraction of sp³-hybridized carbons (Fsp3) is 0.672. The van der Waals surface area contributed by atoms with E-state index in [-0.39, 0.29) is 13.0 Å². The van der Waals surface area contributed by atoms with Crippen molar-refractivity contribution in [1.29, 1.82) is 0 Å². The molecule has 0 fully saturated rings. The van der Waals surface area contributed by atoms with Gasteiger partial charge in [-0.3, -0.25) is 13.8 Å². The van der Waals surface area contributed by atoms with Crippen molar-refractivity contribution in [2.75, 3.05) is 33.0 Å². The minimum Gasteiger partial charge on any atom is -0.457 e. The van der Waals surface area contributed by atoms with Gasteiger partial charge in [0.1, 0.15) is 12.2 Å². The van der Waals surface area contributed by atoms with Crippen LogP contribution in [0.1, 0.15) is 206 Å². The van der Waals surface area contributed by atoms with Crippen LogP contribution in [0.3, 0.4) is 0 Å². The average molecular weight is 971 g/mol. The SMILES string of the molecule is CC/C=C\C/C=C\C/C=C\C/C=C\C/C=C\C/C=C\C/C=C\CCCCOCC(COP(=O)(O)OCC(O)CO)OC(=O)CCCCCCCCCCCCC/C=C\C/C=C\CCCCCCC. The number of allylic oxidation sites excluding steroid dienone is 18. The largest absolute Gasteiger partial charge is 0.472 e. The summed E-state index contributed by atoms with van der Waals surface area (Å²) >= 11 is 0. The fourth-order valence-corrected chi connectivity index (χ4v) is 7.68. The highest BCUT2D eigenvalue weighted by Crippen LogP contribution is 2.43. The van der Waals surface area contributed by atoms with Crippen molar-refractivity contribution in [3.8, 4) is 0 Å². The Morgan fingerprint density at radius 3 is 1.26 bits per heavy atom. The molecule has 0 aromatic rings. The molecule has 0 saturated heterocycles. The molecular weight excluding hydrogens is 872 g/mol. The van der Waals surface area contributed by atoms with Gasteiger partial charge in [0, 0.05) is 13.0 Å². The van der Waals surface area contributed by atoms with Gasteiger partial charge in [-0.05, 0) is 103 Å². The third-order valence-electron chi connectivity index (χ3n) is 10.9. The van der Waals surface area contributed by atoms with Crippen LogP contribution in [-0.2, 0) is 27.9 Å². The van der Waals surface area contributed by atoms with Crippen molar-refractivity contribution in [2.45, 2.75) is 219 Å². The molecule has 0 aliphatic carbocycles. The van der Waals surface area contributed by atoms with Crippen molar-refractivity contribution in [1.82, 2.24) is 0 Å². The van der Waals surface area contributed by atoms with E-state index in [1.54, 1.807) is 0 Å². The normalized spacial score (nSPS) is 14.6. The number of ether oxygens (including phenoxy) is 2. The number of hydrogen-bond donors (Lipinski definition) is 3. The molecule has 0 rings (SSSR count). The number of aliphatic hydroxyl groups excluding tert-OH is 2. The topological polar surface area (TPSA) is 132 Å². The van der Waals surface area contributed by atoms with Crippen LogP contribution in [0.15, 0.2) is 109 Å². The summed E-state index contributed by atoms with van der Waals surface area (Å²) in [5, 5.41) is 18.4. The van der Waals surface area contributed by atoms with Crippen LogP contribution in [0.5, 0.6) is 0 Å². The molecule has 0 aliphatic heterocycles. The Hall–Kier alpha value is -2.88. The lowest BCUT2D eigenvalue weighted by Crippen LogP contribution is -2.29. The Balaban J connectivity index is 4.18. The zero-order valence-corrected chi connectivity index (χ0v) is 43.9. The zero-order chi connectivity index (χ0) is 49.5. The molecule has 0 aliphatic rings. The molecule has 0 radical (unpaired) electrons. The molecule has 0 bridgehead atoms. The maximum atomic E-state index is 12.7. The standard InChI is InChI=1S/C58H99O9P/c1-3-5-7-9-11-13-15-17-19-21-23-25-27-29-31-33-35-37-39-41-43-45-47-49-51-64-54-57(55-66-68(62,63)65-53-56(60)52-59)67-58(61)50-48-46-44-42-40-38-36-34-32-30-28-26-24-22-20-18-16-14-12-10-8-6-4-2/h5,7,11,13,16-19,22-25,29,31,35,37,41,43,56-57,59-60H,3-4,6,8-10,12,14-15,20-21,26-28,30,32-34,36,38-40,42,44-55H2,1-2H3,(H,62,63)/b7-5-,13-11-,18-16-,19-17-,24-22-,25-23-,31-29-,37-35-,43-41-. The van der Waals surface area contributed by atoms with Crippen LogP contribution in [0, 0.1) is 0 Å². The van der Waals surface area contributed by atoms with Gasteiger partial charge in [0.05, 0.1) is 26.4 Å². The average Bonchev–Trinajstić information content (AvgIpc) is 3.33. The van der Waals surface area contributed by atoms with Gasteiger partial charge in [0.15, 0.2) is 0 Å². The number of phosphoric acid groups is 1. The summed E-state index contributed by atoms with van der Waals surface area (Å²) in [5.41, 5.74) is 0. The van der Waals surface area contributed by atoms with Crippen LogP contribution < -0.4 is 0 Å². The minimum atomic E-state index is -4.55. The summed E-state index contributed by atoms with van der Waals surface area (Å²) in [5.74, 6) is -0.403. The van der Waals surface area contributed by atoms with E-state index in [1.807, 2.05) is 0 Å². The smallest absolute Gasteiger partial charge is 0.457 e. The van der Waals surface area contributed by atoms with Crippen LogP contribution >= 0.6 is 7.82 Å². The lowest BCUT2D eigenvalue weighted by Gasteiger charge is -2.20. The number of carbonyl (C=O) groups excluding carboxylic acids is 1. The highest BCUT2D eigenvalue weighted by molar-refractivity contribution is 7.47. The van der Waals surface area contributed by atoms with Gasteiger partial charge >= 0.3 is 13.8 Å². The molecule has 3 unspecified atom stereocenters. The van der Waals surface area contributed by atoms with Gasteiger partial charge in [0.2, 0.25) is 0 Å². The van der Waals surface area contributed by atoms with E-state index in [9.17, 15) is 19.4 Å². The molecule has 0 amide bonds. The summed E-state index contributed by atoms with van der Waals surface area (Å²) in [6.07, 6.45) is 70.6. The molecule has 0 aromatic heterocycles. The van der Waals surface area contributed by atoms with E-state index < -0.39 is 45.8 Å². The first-order chi connectivity index (χ1) is 33.3. The van der Waals surface area contributed by atoms with Gasteiger partial charge in [0.25, 0.3) is 0 Å². The van der Waals surface area contributed by atoms with E-state index in [2.05, 4.69) is 123 Å². The summed E-state index contributed by atoms with van der Waals surface area (Å²) in [7, 11) is -4.55. The molecule has 9 nitrogen and oxygen atoms in total. The highest BCUT2D eigenvalue weighted by Gasteiger charge is 2.26. The van der Waals surface area contributed by atoms with E-state index in [0.717, 1.165) is 89.9 Å². The second-order valence-corrected chi connectivity index (χ2v) is 19.0. The maximum absolute atomic E-state index is 12.7. The molecule has 3 N–H and O–H groups in total. The Bertz CT molecular complexity index is 1430. The fourth-order valence-electron chi connectivity index (χ4n) is 6.90. The lowest BCUT2D eigenvalue weighted by atomic mass is 10.0. The minimum absolute atomic E-state index is 0.0117. The number of carbonyl (C=O) groups is 1. The summed E-state index contributed by atoms with van der Waals surface area (Å²) < 4.78 is 33.5. The Morgan fingerprint density at radius 2 is 0.838 bits per heavy atom. The monoisotopic (exact) mass is 971 g/mol. The van der Waals surface area contributed by atoms with Gasteiger partial charge in [-0.15, -0.1) is 0 Å². The summed E-state index contributed by atoms with van der Waals surface area (Å²) in [6, 6.07) is 0. The predicted octanol–water partition coefficient (Wildman–Crippen LogP) is 16.2. The molecule has 3 atom stereocenters. The molecule has 10 heteroatoms. The predicted molar refractivity (Wildman–Crippen MR) is 288 cm³/mol. The quantitative estimate of drug-likeness (QED) is 0.0236. The molecule has 390 valence electrons. The maximum Gasteiger partial charge on any atom is 0.472 e. The third-order valence-corrected chi connectivity index (χ3v) is 11.9. The van der Waals surface area contributed by atoms with E-state index >= 15 is 0 Å². The van der Waals surface area contributed by atoms with Crippen molar-refractivity contribution in [3.63, 3.8) is 0 Å². The summed E-state index contributed by atoms with van der Waals surface area (Å²) in [4.78, 5) is 22.7. The highest BCUT2D eigenvalue weighted by atomic mass is 31.2. The Labute approximate surface area is 416 Å². The van der Waals surface area contributed by atoms with Gasteiger partial charge in [-0.1, -0.05) is 207 Å². The van der Waals surface area contributed by atoms with Crippen LogP contribution in [0.25, 0.3) is 0 Å². The number of unbranched alkanes of at least 4 members (excludes halogenated alkanes) is 18. The number of phosphoric ester groups is 1. The summed E-state index contributed by atoms with van der Waals surface area (Å²) in [6.45, 7) is 3.27. The third kappa shape index (κ3) is 52.5. The molecule has 68 heavy (non-hydrogen) atoms. The van der Waals surface area contributed by atoms with Crippen molar-refractivity contribution >= 4 is 13.8 Å². The van der Waals surface area contributed by atoms with Crippen LogP contribution in [-0.4, -0.2) is 66.3 Å². The van der Waals surface area contributed by atoms with Gasteiger partial charge < -0.3 is 24.6 Å². The van der Waals surface area contributed by atoms with Crippen LogP contribution in [0.2, 0.25) is 0 Å². The number of aliphatic hydroxyl groups is 2. The van der Waals surface area contributed by atoms with E-state index in [4.69, 9.17) is 23.6 Å². The lowest BCUT2D eigenvalue weighted by molar-refractivity contribution is -0.154. The van der Waals surface area contributed by atoms with Gasteiger partial charge in [-0.25, -0.2) is 4.57 Å². The van der Waals surface area contributed by atoms with Crippen molar-refractivity contribution in [3.05, 3.63) is 109 Å². The van der Waals surface area contributed by atoms with Crippen molar-refractivity contribution in [2.24, 2.45) is 0 Å². The number of esters is 1. The Morgan fingerprint density at radius 1 is 0.471 bits per heavy atom. The van der Waals surface area contributed by atoms with E-state index in [1.165, 1.54) is 89.9 Å².